The van der Waals surface area contributed by atoms with E-state index in [0.29, 0.717) is 6.04 Å². The predicted molar refractivity (Wildman–Crippen MR) is 85.8 cm³/mol. The molecule has 1 atom stereocenters. The van der Waals surface area contributed by atoms with Crippen LogP contribution in [0.4, 0.5) is 5.69 Å². The normalized spacial score (nSPS) is 22.8. The van der Waals surface area contributed by atoms with Crippen molar-refractivity contribution in [3.63, 3.8) is 0 Å². The highest BCUT2D eigenvalue weighted by molar-refractivity contribution is 5.99. The van der Waals surface area contributed by atoms with Crippen molar-refractivity contribution in [1.29, 1.82) is 0 Å². The van der Waals surface area contributed by atoms with E-state index in [-0.39, 0.29) is 5.91 Å². The third-order valence-electron chi connectivity index (χ3n) is 4.80. The molecule has 4 heteroatoms. The van der Waals surface area contributed by atoms with Crippen LogP contribution in [-0.2, 0) is 0 Å². The van der Waals surface area contributed by atoms with Crippen molar-refractivity contribution >= 4 is 11.6 Å². The van der Waals surface area contributed by atoms with E-state index in [2.05, 4.69) is 17.1 Å². The molecule has 2 aliphatic rings. The van der Waals surface area contributed by atoms with Crippen molar-refractivity contribution in [2.24, 2.45) is 0 Å². The minimum atomic E-state index is 0.171. The van der Waals surface area contributed by atoms with Crippen LogP contribution in [-0.4, -0.2) is 55.0 Å². The van der Waals surface area contributed by atoms with Gasteiger partial charge in [-0.25, -0.2) is 0 Å². The molecule has 3 rings (SSSR count). The minimum absolute atomic E-state index is 0.171. The number of nitrogens with one attached hydrogen (secondary N) is 1. The number of carbonyl (C=O) groups excluding carboxylic acids is 1. The van der Waals surface area contributed by atoms with Gasteiger partial charge >= 0.3 is 0 Å². The van der Waals surface area contributed by atoms with Gasteiger partial charge in [0.2, 0.25) is 0 Å². The Morgan fingerprint density at radius 3 is 2.90 bits per heavy atom. The number of fused-ring (bicyclic) bond motifs is 1. The zero-order valence-electron chi connectivity index (χ0n) is 13.1. The standard InChI is InChI=1S/C17H25N3O/c1-13-6-7-15(16(11-13)18-2)17(21)20-10-9-19-8-4-3-5-14(19)12-20/h6-7,11,14,18H,3-5,8-10,12H2,1-2H3. The number of carbonyl (C=O) groups is 1. The number of amides is 1. The number of hydrogen-bond donors (Lipinski definition) is 1. The van der Waals surface area contributed by atoms with Gasteiger partial charge in [-0.05, 0) is 44.0 Å². The lowest BCUT2D eigenvalue weighted by Gasteiger charge is -2.44. The van der Waals surface area contributed by atoms with E-state index < -0.39 is 0 Å². The maximum absolute atomic E-state index is 12.8. The Morgan fingerprint density at radius 1 is 1.24 bits per heavy atom. The number of piperidine rings is 1. The highest BCUT2D eigenvalue weighted by Crippen LogP contribution is 2.24. The number of nitrogens with zero attached hydrogens (tertiary/aromatic N) is 2. The first-order valence-corrected chi connectivity index (χ1v) is 8.01. The van der Waals surface area contributed by atoms with Crippen molar-refractivity contribution in [2.75, 3.05) is 38.5 Å². The third-order valence-corrected chi connectivity index (χ3v) is 4.80. The summed E-state index contributed by atoms with van der Waals surface area (Å²) in [5.74, 6) is 0.171. The molecular formula is C17H25N3O. The van der Waals surface area contributed by atoms with Crippen LogP contribution in [0.3, 0.4) is 0 Å². The second kappa shape index (κ2) is 6.06. The average Bonchev–Trinajstić information content (AvgIpc) is 2.53. The first-order valence-electron chi connectivity index (χ1n) is 8.01. The van der Waals surface area contributed by atoms with E-state index in [9.17, 15) is 4.79 Å². The highest BCUT2D eigenvalue weighted by atomic mass is 16.2. The highest BCUT2D eigenvalue weighted by Gasteiger charge is 2.31. The van der Waals surface area contributed by atoms with Crippen LogP contribution in [0, 0.1) is 6.92 Å². The summed E-state index contributed by atoms with van der Waals surface area (Å²) in [6, 6.07) is 6.59. The average molecular weight is 287 g/mol. The van der Waals surface area contributed by atoms with Gasteiger partial charge in [0.15, 0.2) is 0 Å². The van der Waals surface area contributed by atoms with E-state index in [1.807, 2.05) is 30.1 Å². The lowest BCUT2D eigenvalue weighted by Crippen LogP contribution is -2.56. The molecule has 0 bridgehead atoms. The van der Waals surface area contributed by atoms with Gasteiger partial charge in [0, 0.05) is 38.4 Å². The second-order valence-electron chi connectivity index (χ2n) is 6.24. The summed E-state index contributed by atoms with van der Waals surface area (Å²) >= 11 is 0. The van der Waals surface area contributed by atoms with Crippen LogP contribution in [0.15, 0.2) is 18.2 Å². The molecule has 2 aliphatic heterocycles. The van der Waals surface area contributed by atoms with Gasteiger partial charge in [0.25, 0.3) is 5.91 Å². The Labute approximate surface area is 127 Å². The quantitative estimate of drug-likeness (QED) is 0.907. The van der Waals surface area contributed by atoms with Crippen molar-refractivity contribution in [3.05, 3.63) is 29.3 Å². The molecule has 0 radical (unpaired) electrons. The molecule has 1 N–H and O–H groups in total. The molecule has 0 saturated carbocycles. The maximum Gasteiger partial charge on any atom is 0.256 e. The molecule has 0 aromatic heterocycles. The van der Waals surface area contributed by atoms with Crippen LogP contribution < -0.4 is 5.32 Å². The molecule has 4 nitrogen and oxygen atoms in total. The van der Waals surface area contributed by atoms with Crippen molar-refractivity contribution < 1.29 is 4.79 Å². The number of rotatable bonds is 2. The van der Waals surface area contributed by atoms with Crippen molar-refractivity contribution in [3.8, 4) is 0 Å². The number of benzene rings is 1. The van der Waals surface area contributed by atoms with Gasteiger partial charge in [0.05, 0.1) is 5.56 Å². The Kier molecular flexibility index (Phi) is 4.15. The maximum atomic E-state index is 12.8. The fraction of sp³-hybridized carbons (Fsp3) is 0.588. The largest absolute Gasteiger partial charge is 0.387 e. The van der Waals surface area contributed by atoms with Gasteiger partial charge < -0.3 is 10.2 Å². The molecule has 1 unspecified atom stereocenters. The molecule has 2 fully saturated rings. The zero-order chi connectivity index (χ0) is 14.8. The topological polar surface area (TPSA) is 35.6 Å². The summed E-state index contributed by atoms with van der Waals surface area (Å²) < 4.78 is 0. The van der Waals surface area contributed by atoms with Crippen LogP contribution >= 0.6 is 0 Å². The summed E-state index contributed by atoms with van der Waals surface area (Å²) in [5, 5.41) is 3.15. The molecule has 114 valence electrons. The monoisotopic (exact) mass is 287 g/mol. The summed E-state index contributed by atoms with van der Waals surface area (Å²) in [5.41, 5.74) is 2.91. The van der Waals surface area contributed by atoms with Crippen molar-refractivity contribution in [1.82, 2.24) is 9.80 Å². The van der Waals surface area contributed by atoms with Crippen molar-refractivity contribution in [2.45, 2.75) is 32.2 Å². The molecule has 1 amide bonds. The summed E-state index contributed by atoms with van der Waals surface area (Å²) in [7, 11) is 1.88. The van der Waals surface area contributed by atoms with E-state index in [0.717, 1.165) is 30.9 Å². The third kappa shape index (κ3) is 2.91. The fourth-order valence-electron chi connectivity index (χ4n) is 3.56. The Hall–Kier alpha value is -1.55. The molecule has 0 spiro atoms. The number of aryl methyl sites for hydroxylation is 1. The number of hydrogen-bond acceptors (Lipinski definition) is 3. The lowest BCUT2D eigenvalue weighted by molar-refractivity contribution is 0.0373. The summed E-state index contributed by atoms with van der Waals surface area (Å²) in [4.78, 5) is 17.4. The van der Waals surface area contributed by atoms with E-state index >= 15 is 0 Å². The molecule has 0 aliphatic carbocycles. The van der Waals surface area contributed by atoms with Crippen LogP contribution in [0.25, 0.3) is 0 Å². The number of piperazine rings is 1. The van der Waals surface area contributed by atoms with Gasteiger partial charge in [0.1, 0.15) is 0 Å². The lowest BCUT2D eigenvalue weighted by atomic mass is 9.99. The Bertz CT molecular complexity index is 529. The first-order chi connectivity index (χ1) is 10.2. The smallest absolute Gasteiger partial charge is 0.256 e. The molecule has 1 aromatic rings. The van der Waals surface area contributed by atoms with Gasteiger partial charge in [-0.2, -0.15) is 0 Å². The molecule has 1 aromatic carbocycles. The second-order valence-corrected chi connectivity index (χ2v) is 6.24. The molecule has 2 saturated heterocycles. The van der Waals surface area contributed by atoms with E-state index in [1.165, 1.54) is 31.4 Å². The molecule has 21 heavy (non-hydrogen) atoms. The summed E-state index contributed by atoms with van der Waals surface area (Å²) in [6.07, 6.45) is 3.85. The van der Waals surface area contributed by atoms with Crippen LogP contribution in [0.1, 0.15) is 35.2 Å². The molecular weight excluding hydrogens is 262 g/mol. The first kappa shape index (κ1) is 14.4. The SMILES string of the molecule is CNc1cc(C)ccc1C(=O)N1CCN2CCCCC2C1. The zero-order valence-corrected chi connectivity index (χ0v) is 13.1. The summed E-state index contributed by atoms with van der Waals surface area (Å²) in [6.45, 7) is 6.02. The van der Waals surface area contributed by atoms with Gasteiger partial charge in [-0.3, -0.25) is 9.69 Å². The fourth-order valence-corrected chi connectivity index (χ4v) is 3.56. The molecule has 2 heterocycles. The Morgan fingerprint density at radius 2 is 2.10 bits per heavy atom. The predicted octanol–water partition coefficient (Wildman–Crippen LogP) is 2.35. The Balaban J connectivity index is 1.76. The van der Waals surface area contributed by atoms with Crippen LogP contribution in [0.2, 0.25) is 0 Å². The number of anilines is 1. The minimum Gasteiger partial charge on any atom is -0.387 e. The van der Waals surface area contributed by atoms with E-state index in [1.54, 1.807) is 0 Å². The van der Waals surface area contributed by atoms with E-state index in [4.69, 9.17) is 0 Å². The van der Waals surface area contributed by atoms with Gasteiger partial charge in [-0.1, -0.05) is 12.5 Å². The van der Waals surface area contributed by atoms with Crippen LogP contribution in [0.5, 0.6) is 0 Å². The van der Waals surface area contributed by atoms with Gasteiger partial charge in [-0.15, -0.1) is 0 Å².